The largest absolute Gasteiger partial charge is 0.468 e. The summed E-state index contributed by atoms with van der Waals surface area (Å²) in [7, 11) is -4.40. The first-order chi connectivity index (χ1) is 17.1. The molecule has 12 heteroatoms. The van der Waals surface area contributed by atoms with Crippen LogP contribution in [-0.4, -0.2) is 43.2 Å². The smallest absolute Gasteiger partial charge is 0.338 e. The molecule has 1 aromatic heterocycles. The summed E-state index contributed by atoms with van der Waals surface area (Å²) in [6.07, 6.45) is 0.960. The summed E-state index contributed by atoms with van der Waals surface area (Å²) in [6, 6.07) is 11.4. The standard InChI is InChI=1S/C24H20Cl2N2O7S/c1-2-34-24(31)15-5-8-17(9-6-15)28-22(29)13-20(23(28)30)27(14-18-4-3-11-35-18)36(32,33)21-12-16(25)7-10-19(21)26/h3-12,20H,2,13-14H2,1H3. The summed E-state index contributed by atoms with van der Waals surface area (Å²) >= 11 is 12.2. The molecule has 2 aromatic carbocycles. The SMILES string of the molecule is CCOC(=O)c1ccc(N2C(=O)CC(N(Cc3ccco3)S(=O)(=O)c3cc(Cl)ccc3Cl)C2=O)cc1. The Bertz CT molecular complexity index is 1410. The Balaban J connectivity index is 1.70. The summed E-state index contributed by atoms with van der Waals surface area (Å²) in [6.45, 7) is 1.55. The number of anilines is 1. The van der Waals surface area contributed by atoms with Crippen LogP contribution >= 0.6 is 23.2 Å². The zero-order valence-corrected chi connectivity index (χ0v) is 21.2. The molecule has 0 bridgehead atoms. The van der Waals surface area contributed by atoms with Gasteiger partial charge in [-0.2, -0.15) is 4.31 Å². The third-order valence-electron chi connectivity index (χ3n) is 5.48. The van der Waals surface area contributed by atoms with Gasteiger partial charge in [-0.25, -0.2) is 18.1 Å². The van der Waals surface area contributed by atoms with Crippen molar-refractivity contribution in [3.63, 3.8) is 0 Å². The van der Waals surface area contributed by atoms with Gasteiger partial charge in [0.05, 0.1) is 42.1 Å². The van der Waals surface area contributed by atoms with Crippen LogP contribution in [0, 0.1) is 0 Å². The van der Waals surface area contributed by atoms with E-state index in [9.17, 15) is 22.8 Å². The van der Waals surface area contributed by atoms with Crippen molar-refractivity contribution in [1.29, 1.82) is 0 Å². The molecule has 0 radical (unpaired) electrons. The topological polar surface area (TPSA) is 114 Å². The van der Waals surface area contributed by atoms with Gasteiger partial charge in [-0.3, -0.25) is 9.59 Å². The molecule has 2 amide bonds. The van der Waals surface area contributed by atoms with Gasteiger partial charge >= 0.3 is 5.97 Å². The average molecular weight is 551 g/mol. The summed E-state index contributed by atoms with van der Waals surface area (Å²) < 4.78 is 38.6. The minimum Gasteiger partial charge on any atom is -0.468 e. The predicted molar refractivity (Wildman–Crippen MR) is 131 cm³/mol. The van der Waals surface area contributed by atoms with Crippen LogP contribution in [0.1, 0.15) is 29.5 Å². The Kier molecular flexibility index (Phi) is 7.51. The maximum atomic E-state index is 13.7. The molecule has 1 aliphatic rings. The zero-order valence-electron chi connectivity index (χ0n) is 18.9. The van der Waals surface area contributed by atoms with Gasteiger partial charge in [-0.05, 0) is 61.5 Å². The molecule has 9 nitrogen and oxygen atoms in total. The van der Waals surface area contributed by atoms with E-state index in [0.29, 0.717) is 0 Å². The summed E-state index contributed by atoms with van der Waals surface area (Å²) in [5, 5.41) is 0.0418. The first-order valence-corrected chi connectivity index (χ1v) is 13.0. The average Bonchev–Trinajstić information content (AvgIpc) is 3.46. The number of hydrogen-bond acceptors (Lipinski definition) is 7. The molecule has 0 spiro atoms. The van der Waals surface area contributed by atoms with E-state index in [1.54, 1.807) is 19.1 Å². The van der Waals surface area contributed by atoms with Gasteiger partial charge < -0.3 is 9.15 Å². The third kappa shape index (κ3) is 5.03. The number of furan rings is 1. The molecule has 3 aromatic rings. The van der Waals surface area contributed by atoms with Gasteiger partial charge in [0.15, 0.2) is 0 Å². The van der Waals surface area contributed by atoms with E-state index in [0.717, 1.165) is 9.21 Å². The summed E-state index contributed by atoms with van der Waals surface area (Å²) in [5.41, 5.74) is 0.436. The number of imide groups is 1. The fourth-order valence-electron chi connectivity index (χ4n) is 3.79. The lowest BCUT2D eigenvalue weighted by molar-refractivity contribution is -0.122. The van der Waals surface area contributed by atoms with Gasteiger partial charge in [0.2, 0.25) is 15.9 Å². The van der Waals surface area contributed by atoms with Gasteiger partial charge in [-0.1, -0.05) is 23.2 Å². The molecular weight excluding hydrogens is 531 g/mol. The van der Waals surface area contributed by atoms with Crippen molar-refractivity contribution in [3.8, 4) is 0 Å². The number of hydrogen-bond donors (Lipinski definition) is 0. The first-order valence-electron chi connectivity index (χ1n) is 10.8. The molecule has 1 atom stereocenters. The predicted octanol–water partition coefficient (Wildman–Crippen LogP) is 4.29. The van der Waals surface area contributed by atoms with Crippen molar-refractivity contribution in [2.24, 2.45) is 0 Å². The third-order valence-corrected chi connectivity index (χ3v) is 8.05. The van der Waals surface area contributed by atoms with Gasteiger partial charge in [0.1, 0.15) is 16.7 Å². The second kappa shape index (κ2) is 10.4. The number of carbonyl (C=O) groups is 3. The Morgan fingerprint density at radius 3 is 2.50 bits per heavy atom. The molecule has 36 heavy (non-hydrogen) atoms. The Hall–Kier alpha value is -3.18. The number of carbonyl (C=O) groups excluding carboxylic acids is 3. The fourth-order valence-corrected chi connectivity index (χ4v) is 6.08. The molecule has 0 saturated carbocycles. The van der Waals surface area contributed by atoms with Crippen molar-refractivity contribution in [1.82, 2.24) is 4.31 Å². The maximum absolute atomic E-state index is 13.7. The van der Waals surface area contributed by atoms with Crippen LogP contribution in [0.25, 0.3) is 0 Å². The maximum Gasteiger partial charge on any atom is 0.338 e. The first kappa shape index (κ1) is 25.9. The van der Waals surface area contributed by atoms with Crippen molar-refractivity contribution in [2.75, 3.05) is 11.5 Å². The highest BCUT2D eigenvalue weighted by atomic mass is 35.5. The molecular formula is C24H20Cl2N2O7S. The Morgan fingerprint density at radius 1 is 1.14 bits per heavy atom. The number of nitrogens with zero attached hydrogens (tertiary/aromatic N) is 2. The quantitative estimate of drug-likeness (QED) is 0.303. The number of amides is 2. The lowest BCUT2D eigenvalue weighted by Crippen LogP contribution is -2.45. The number of ether oxygens (including phenoxy) is 1. The highest BCUT2D eigenvalue weighted by Gasteiger charge is 2.47. The van der Waals surface area contributed by atoms with E-state index in [4.69, 9.17) is 32.4 Å². The van der Waals surface area contributed by atoms with Crippen LogP contribution < -0.4 is 4.90 Å². The van der Waals surface area contributed by atoms with Crippen LogP contribution in [-0.2, 0) is 30.9 Å². The Morgan fingerprint density at radius 2 is 1.86 bits per heavy atom. The fraction of sp³-hybridized carbons (Fsp3) is 0.208. The van der Waals surface area contributed by atoms with E-state index in [1.807, 2.05) is 0 Å². The zero-order chi connectivity index (χ0) is 26.0. The van der Waals surface area contributed by atoms with Crippen LogP contribution in [0.4, 0.5) is 5.69 Å². The number of benzene rings is 2. The van der Waals surface area contributed by atoms with E-state index in [1.165, 1.54) is 48.7 Å². The van der Waals surface area contributed by atoms with Gasteiger partial charge in [0.25, 0.3) is 5.91 Å². The second-order valence-electron chi connectivity index (χ2n) is 7.76. The van der Waals surface area contributed by atoms with Crippen LogP contribution in [0.15, 0.2) is 70.2 Å². The molecule has 1 saturated heterocycles. The minimum atomic E-state index is -4.40. The lowest BCUT2D eigenvalue weighted by Gasteiger charge is -2.26. The van der Waals surface area contributed by atoms with Crippen molar-refractivity contribution >= 4 is 56.7 Å². The molecule has 188 valence electrons. The van der Waals surface area contributed by atoms with E-state index in [-0.39, 0.29) is 45.1 Å². The van der Waals surface area contributed by atoms with Crippen LogP contribution in [0.5, 0.6) is 0 Å². The van der Waals surface area contributed by atoms with Gasteiger partial charge in [0, 0.05) is 5.02 Å². The number of rotatable bonds is 8. The van der Waals surface area contributed by atoms with Crippen LogP contribution in [0.3, 0.4) is 0 Å². The molecule has 4 rings (SSSR count). The van der Waals surface area contributed by atoms with E-state index >= 15 is 0 Å². The number of esters is 1. The molecule has 1 unspecified atom stereocenters. The molecule has 2 heterocycles. The molecule has 0 N–H and O–H groups in total. The van der Waals surface area contributed by atoms with Crippen LogP contribution in [0.2, 0.25) is 10.0 Å². The number of halogens is 2. The van der Waals surface area contributed by atoms with Crippen molar-refractivity contribution in [2.45, 2.75) is 30.8 Å². The van der Waals surface area contributed by atoms with E-state index < -0.39 is 40.3 Å². The highest BCUT2D eigenvalue weighted by molar-refractivity contribution is 7.89. The molecule has 0 aliphatic carbocycles. The summed E-state index contributed by atoms with van der Waals surface area (Å²) in [4.78, 5) is 38.9. The number of sulfonamides is 1. The van der Waals surface area contributed by atoms with E-state index in [2.05, 4.69) is 0 Å². The van der Waals surface area contributed by atoms with Gasteiger partial charge in [-0.15, -0.1) is 0 Å². The lowest BCUT2D eigenvalue weighted by atomic mass is 10.2. The monoisotopic (exact) mass is 550 g/mol. The normalized spacial score (nSPS) is 16.1. The minimum absolute atomic E-state index is 0.0907. The van der Waals surface area contributed by atoms with Crippen molar-refractivity contribution < 1.29 is 32.0 Å². The summed E-state index contributed by atoms with van der Waals surface area (Å²) in [5.74, 6) is -1.65. The Labute approximate surface area is 217 Å². The highest BCUT2D eigenvalue weighted by Crippen LogP contribution is 2.34. The molecule has 1 fully saturated rings. The molecule has 1 aliphatic heterocycles. The van der Waals surface area contributed by atoms with Crippen molar-refractivity contribution in [3.05, 3.63) is 82.2 Å². The second-order valence-corrected chi connectivity index (χ2v) is 10.5.